The van der Waals surface area contributed by atoms with Crippen molar-refractivity contribution >= 4 is 35.1 Å². The SMILES string of the molecule is O=C(CSc1nnc(CN2CCCC2=O)o1)c1ccc(Cl)cc1. The minimum absolute atomic E-state index is 0.0406. The van der Waals surface area contributed by atoms with Crippen molar-refractivity contribution in [3.05, 3.63) is 40.7 Å². The van der Waals surface area contributed by atoms with Crippen molar-refractivity contribution in [2.75, 3.05) is 12.3 Å². The molecule has 1 saturated heterocycles. The molecule has 0 bridgehead atoms. The highest BCUT2D eigenvalue weighted by molar-refractivity contribution is 7.99. The van der Waals surface area contributed by atoms with Gasteiger partial charge in [0, 0.05) is 23.6 Å². The van der Waals surface area contributed by atoms with Crippen molar-refractivity contribution in [2.24, 2.45) is 0 Å². The Balaban J connectivity index is 1.53. The lowest BCUT2D eigenvalue weighted by atomic mass is 10.1. The largest absolute Gasteiger partial charge is 0.414 e. The highest BCUT2D eigenvalue weighted by Crippen LogP contribution is 2.20. The Hall–Kier alpha value is -1.86. The molecule has 23 heavy (non-hydrogen) atoms. The van der Waals surface area contributed by atoms with E-state index in [0.29, 0.717) is 34.7 Å². The molecule has 1 aromatic carbocycles. The predicted molar refractivity (Wildman–Crippen MR) is 85.5 cm³/mol. The fraction of sp³-hybridized carbons (Fsp3) is 0.333. The molecule has 1 aliphatic heterocycles. The number of likely N-dealkylation sites (tertiary alicyclic amines) is 1. The number of thioether (sulfide) groups is 1. The predicted octanol–water partition coefficient (Wildman–Crippen LogP) is 2.82. The van der Waals surface area contributed by atoms with Crippen LogP contribution in [0.5, 0.6) is 0 Å². The van der Waals surface area contributed by atoms with Gasteiger partial charge < -0.3 is 9.32 Å². The van der Waals surface area contributed by atoms with Gasteiger partial charge in [-0.3, -0.25) is 9.59 Å². The topological polar surface area (TPSA) is 76.3 Å². The van der Waals surface area contributed by atoms with Crippen LogP contribution in [0.3, 0.4) is 0 Å². The zero-order chi connectivity index (χ0) is 16.2. The van der Waals surface area contributed by atoms with E-state index < -0.39 is 0 Å². The van der Waals surface area contributed by atoms with Crippen LogP contribution in [0.1, 0.15) is 29.1 Å². The number of halogens is 1. The van der Waals surface area contributed by atoms with Crippen molar-refractivity contribution < 1.29 is 14.0 Å². The van der Waals surface area contributed by atoms with Crippen LogP contribution in [-0.2, 0) is 11.3 Å². The van der Waals surface area contributed by atoms with Crippen LogP contribution in [0.15, 0.2) is 33.9 Å². The third kappa shape index (κ3) is 4.11. The molecule has 1 aromatic heterocycles. The second-order valence-corrected chi connectivity index (χ2v) is 6.46. The number of ketones is 1. The standard InChI is InChI=1S/C15H14ClN3O3S/c16-11-5-3-10(4-6-11)12(20)9-23-15-18-17-13(22-15)8-19-7-1-2-14(19)21/h3-6H,1-2,7-9H2. The highest BCUT2D eigenvalue weighted by Gasteiger charge is 2.22. The van der Waals surface area contributed by atoms with Crippen molar-refractivity contribution in [1.82, 2.24) is 15.1 Å². The summed E-state index contributed by atoms with van der Waals surface area (Å²) in [6.07, 6.45) is 1.44. The number of Topliss-reactive ketones (excluding diaryl/α,β-unsaturated/α-hetero) is 1. The van der Waals surface area contributed by atoms with Crippen LogP contribution < -0.4 is 0 Å². The second kappa shape index (κ2) is 7.14. The van der Waals surface area contributed by atoms with E-state index in [1.165, 1.54) is 11.8 Å². The van der Waals surface area contributed by atoms with Gasteiger partial charge in [-0.2, -0.15) is 0 Å². The van der Waals surface area contributed by atoms with Gasteiger partial charge in [-0.15, -0.1) is 10.2 Å². The number of rotatable bonds is 6. The monoisotopic (exact) mass is 351 g/mol. The summed E-state index contributed by atoms with van der Waals surface area (Å²) in [6, 6.07) is 6.72. The summed E-state index contributed by atoms with van der Waals surface area (Å²) in [5, 5.41) is 8.73. The van der Waals surface area contributed by atoms with Crippen LogP contribution in [0.4, 0.5) is 0 Å². The van der Waals surface area contributed by atoms with Gasteiger partial charge in [-0.05, 0) is 30.7 Å². The van der Waals surface area contributed by atoms with Crippen LogP contribution in [0.2, 0.25) is 5.02 Å². The molecule has 1 amide bonds. The number of carbonyl (C=O) groups is 2. The fourth-order valence-corrected chi connectivity index (χ4v) is 3.04. The molecular formula is C15H14ClN3O3S. The van der Waals surface area contributed by atoms with Gasteiger partial charge in [-0.1, -0.05) is 23.4 Å². The van der Waals surface area contributed by atoms with Crippen LogP contribution in [0, 0.1) is 0 Å². The Morgan fingerprint density at radius 3 is 2.78 bits per heavy atom. The Bertz CT molecular complexity index is 717. The maximum atomic E-state index is 12.1. The molecule has 0 spiro atoms. The van der Waals surface area contributed by atoms with Gasteiger partial charge in [0.15, 0.2) is 5.78 Å². The molecule has 8 heteroatoms. The quantitative estimate of drug-likeness (QED) is 0.588. The third-order valence-electron chi connectivity index (χ3n) is 3.44. The van der Waals surface area contributed by atoms with Crippen molar-refractivity contribution in [3.63, 3.8) is 0 Å². The van der Waals surface area contributed by atoms with Crippen molar-refractivity contribution in [3.8, 4) is 0 Å². The first-order valence-corrected chi connectivity index (χ1v) is 8.50. The smallest absolute Gasteiger partial charge is 0.277 e. The van der Waals surface area contributed by atoms with E-state index in [9.17, 15) is 9.59 Å². The minimum Gasteiger partial charge on any atom is -0.414 e. The normalized spacial score (nSPS) is 14.5. The number of benzene rings is 1. The van der Waals surface area contributed by atoms with Gasteiger partial charge in [0.2, 0.25) is 11.8 Å². The van der Waals surface area contributed by atoms with E-state index >= 15 is 0 Å². The first kappa shape index (κ1) is 16.0. The highest BCUT2D eigenvalue weighted by atomic mass is 35.5. The summed E-state index contributed by atoms with van der Waals surface area (Å²) >= 11 is 6.98. The summed E-state index contributed by atoms with van der Waals surface area (Å²) in [5.74, 6) is 0.657. The molecule has 0 atom stereocenters. The van der Waals surface area contributed by atoms with E-state index in [1.54, 1.807) is 29.2 Å². The number of amides is 1. The Morgan fingerprint density at radius 1 is 1.30 bits per heavy atom. The van der Waals surface area contributed by atoms with Gasteiger partial charge in [0.05, 0.1) is 12.3 Å². The average Bonchev–Trinajstić information content (AvgIpc) is 3.16. The lowest BCUT2D eigenvalue weighted by Gasteiger charge is -2.11. The van der Waals surface area contributed by atoms with Crippen LogP contribution in [-0.4, -0.2) is 39.1 Å². The van der Waals surface area contributed by atoms with Crippen LogP contribution >= 0.6 is 23.4 Å². The number of hydrogen-bond acceptors (Lipinski definition) is 6. The third-order valence-corrected chi connectivity index (χ3v) is 4.51. The Kier molecular flexibility index (Phi) is 4.97. The summed E-state index contributed by atoms with van der Waals surface area (Å²) in [4.78, 5) is 25.3. The molecule has 0 N–H and O–H groups in total. The van der Waals surface area contributed by atoms with Crippen LogP contribution in [0.25, 0.3) is 0 Å². The Labute approximate surface area is 142 Å². The molecule has 1 fully saturated rings. The van der Waals surface area contributed by atoms with Gasteiger partial charge in [-0.25, -0.2) is 0 Å². The molecule has 2 heterocycles. The lowest BCUT2D eigenvalue weighted by molar-refractivity contribution is -0.128. The van der Waals surface area contributed by atoms with E-state index in [-0.39, 0.29) is 17.4 Å². The van der Waals surface area contributed by atoms with E-state index in [4.69, 9.17) is 16.0 Å². The molecular weight excluding hydrogens is 338 g/mol. The first-order valence-electron chi connectivity index (χ1n) is 7.13. The average molecular weight is 352 g/mol. The van der Waals surface area contributed by atoms with Gasteiger partial charge in [0.25, 0.3) is 5.22 Å². The summed E-state index contributed by atoms with van der Waals surface area (Å²) < 4.78 is 5.47. The molecule has 0 aliphatic carbocycles. The Morgan fingerprint density at radius 2 is 2.09 bits per heavy atom. The summed E-state index contributed by atoms with van der Waals surface area (Å²) in [5.41, 5.74) is 0.587. The molecule has 0 radical (unpaired) electrons. The number of nitrogens with zero attached hydrogens (tertiary/aromatic N) is 3. The minimum atomic E-state index is -0.0406. The van der Waals surface area contributed by atoms with Crippen molar-refractivity contribution in [1.29, 1.82) is 0 Å². The number of hydrogen-bond donors (Lipinski definition) is 0. The molecule has 120 valence electrons. The molecule has 6 nitrogen and oxygen atoms in total. The van der Waals surface area contributed by atoms with E-state index in [2.05, 4.69) is 10.2 Å². The molecule has 3 rings (SSSR count). The van der Waals surface area contributed by atoms with E-state index in [0.717, 1.165) is 13.0 Å². The number of carbonyl (C=O) groups excluding carboxylic acids is 2. The zero-order valence-corrected chi connectivity index (χ0v) is 13.8. The molecule has 1 aliphatic rings. The summed E-state index contributed by atoms with van der Waals surface area (Å²) in [7, 11) is 0. The lowest BCUT2D eigenvalue weighted by Crippen LogP contribution is -2.23. The van der Waals surface area contributed by atoms with Gasteiger partial charge in [0.1, 0.15) is 0 Å². The molecule has 0 unspecified atom stereocenters. The van der Waals surface area contributed by atoms with Crippen molar-refractivity contribution in [2.45, 2.75) is 24.6 Å². The maximum absolute atomic E-state index is 12.1. The summed E-state index contributed by atoms with van der Waals surface area (Å²) in [6.45, 7) is 1.05. The number of aromatic nitrogens is 2. The second-order valence-electron chi connectivity index (χ2n) is 5.10. The first-order chi connectivity index (χ1) is 11.1. The fourth-order valence-electron chi connectivity index (χ4n) is 2.24. The molecule has 2 aromatic rings. The zero-order valence-electron chi connectivity index (χ0n) is 12.2. The van der Waals surface area contributed by atoms with E-state index in [1.807, 2.05) is 0 Å². The molecule has 0 saturated carbocycles. The maximum Gasteiger partial charge on any atom is 0.277 e. The van der Waals surface area contributed by atoms with Gasteiger partial charge >= 0.3 is 0 Å².